The Bertz CT molecular complexity index is 169. The molecule has 0 saturated carbocycles. The number of hydrogen-bond donors (Lipinski definition) is 2. The number of methoxy groups -OCH3 is 1. The molecule has 0 aromatic carbocycles. The van der Waals surface area contributed by atoms with Crippen molar-refractivity contribution in [2.75, 3.05) is 14.2 Å². The predicted molar refractivity (Wildman–Crippen MR) is 41.7 cm³/mol. The lowest BCUT2D eigenvalue weighted by molar-refractivity contribution is -0.142. The molecular weight excluding hydrogens is 162 g/mol. The molecule has 0 fully saturated rings. The van der Waals surface area contributed by atoms with Gasteiger partial charge in [0.15, 0.2) is 0 Å². The summed E-state index contributed by atoms with van der Waals surface area (Å²) in [5.74, 6) is -1.35. The zero-order valence-electron chi connectivity index (χ0n) is 7.16. The molecule has 0 heterocycles. The number of carbonyl (C=O) groups excluding carboxylic acids is 1. The summed E-state index contributed by atoms with van der Waals surface area (Å²) in [6, 6.07) is -0.677. The first-order chi connectivity index (χ1) is 5.61. The van der Waals surface area contributed by atoms with Crippen molar-refractivity contribution in [1.29, 1.82) is 0 Å². The Morgan fingerprint density at radius 1 is 1.58 bits per heavy atom. The van der Waals surface area contributed by atoms with E-state index in [2.05, 4.69) is 10.1 Å². The molecule has 70 valence electrons. The average molecular weight is 175 g/mol. The molecule has 1 atom stereocenters. The van der Waals surface area contributed by atoms with E-state index in [4.69, 9.17) is 5.11 Å². The van der Waals surface area contributed by atoms with Gasteiger partial charge in [0.25, 0.3) is 0 Å². The number of ether oxygens (including phenoxy) is 1. The Kier molecular flexibility index (Phi) is 5.03. The monoisotopic (exact) mass is 175 g/mol. The van der Waals surface area contributed by atoms with Crippen molar-refractivity contribution in [2.45, 2.75) is 18.9 Å². The van der Waals surface area contributed by atoms with E-state index in [1.165, 1.54) is 14.2 Å². The zero-order chi connectivity index (χ0) is 9.56. The molecule has 0 radical (unpaired) electrons. The van der Waals surface area contributed by atoms with Gasteiger partial charge >= 0.3 is 11.9 Å². The number of carbonyl (C=O) groups is 2. The van der Waals surface area contributed by atoms with Crippen molar-refractivity contribution in [3.05, 3.63) is 0 Å². The van der Waals surface area contributed by atoms with Crippen LogP contribution in [0.4, 0.5) is 0 Å². The van der Waals surface area contributed by atoms with Gasteiger partial charge in [0.1, 0.15) is 6.04 Å². The molecule has 2 N–H and O–H groups in total. The third kappa shape index (κ3) is 3.92. The van der Waals surface area contributed by atoms with Crippen molar-refractivity contribution < 1.29 is 19.4 Å². The Morgan fingerprint density at radius 2 is 2.17 bits per heavy atom. The van der Waals surface area contributed by atoms with Crippen LogP contribution in [0, 0.1) is 0 Å². The number of likely N-dealkylation sites (N-methyl/N-ethyl adjacent to an activating group) is 1. The maximum absolute atomic E-state index is 10.6. The van der Waals surface area contributed by atoms with Crippen LogP contribution in [0.15, 0.2) is 0 Å². The fraction of sp³-hybridized carbons (Fsp3) is 0.714. The minimum Gasteiger partial charge on any atom is -0.480 e. The third-order valence-electron chi connectivity index (χ3n) is 1.51. The fourth-order valence-electron chi connectivity index (χ4n) is 0.756. The predicted octanol–water partition coefficient (Wildman–Crippen LogP) is -0.388. The molecule has 0 amide bonds. The van der Waals surface area contributed by atoms with E-state index >= 15 is 0 Å². The van der Waals surface area contributed by atoms with Crippen molar-refractivity contribution in [3.8, 4) is 0 Å². The van der Waals surface area contributed by atoms with Gasteiger partial charge in [-0.25, -0.2) is 0 Å². The highest BCUT2D eigenvalue weighted by molar-refractivity contribution is 5.75. The second-order valence-electron chi connectivity index (χ2n) is 2.29. The molecule has 0 aromatic heterocycles. The lowest BCUT2D eigenvalue weighted by atomic mass is 10.1. The van der Waals surface area contributed by atoms with Crippen molar-refractivity contribution >= 4 is 11.9 Å². The van der Waals surface area contributed by atoms with E-state index in [1.54, 1.807) is 0 Å². The minimum absolute atomic E-state index is 0.119. The highest BCUT2D eigenvalue weighted by Crippen LogP contribution is 1.98. The highest BCUT2D eigenvalue weighted by atomic mass is 16.5. The summed E-state index contributed by atoms with van der Waals surface area (Å²) < 4.78 is 4.37. The van der Waals surface area contributed by atoms with Gasteiger partial charge in [-0.2, -0.15) is 0 Å². The molecule has 0 aliphatic heterocycles. The number of rotatable bonds is 5. The van der Waals surface area contributed by atoms with Gasteiger partial charge in [0, 0.05) is 6.42 Å². The van der Waals surface area contributed by atoms with E-state index in [0.717, 1.165) is 0 Å². The van der Waals surface area contributed by atoms with E-state index in [9.17, 15) is 9.59 Å². The molecule has 0 spiro atoms. The first-order valence-electron chi connectivity index (χ1n) is 3.58. The Balaban J connectivity index is 3.73. The van der Waals surface area contributed by atoms with E-state index in [-0.39, 0.29) is 12.8 Å². The number of esters is 1. The maximum atomic E-state index is 10.6. The lowest BCUT2D eigenvalue weighted by Crippen LogP contribution is -2.34. The summed E-state index contributed by atoms with van der Waals surface area (Å²) >= 11 is 0. The molecule has 5 heteroatoms. The zero-order valence-corrected chi connectivity index (χ0v) is 7.16. The summed E-state index contributed by atoms with van der Waals surface area (Å²) in [6.45, 7) is 0. The van der Waals surface area contributed by atoms with Crippen molar-refractivity contribution in [1.82, 2.24) is 5.32 Å². The number of nitrogens with one attached hydrogen (secondary N) is 1. The highest BCUT2D eigenvalue weighted by Gasteiger charge is 2.15. The molecule has 0 aromatic rings. The molecule has 0 saturated heterocycles. The summed E-state index contributed by atoms with van der Waals surface area (Å²) in [4.78, 5) is 21.0. The van der Waals surface area contributed by atoms with Gasteiger partial charge in [-0.1, -0.05) is 0 Å². The molecule has 0 rings (SSSR count). The Morgan fingerprint density at radius 3 is 2.50 bits per heavy atom. The first-order valence-corrected chi connectivity index (χ1v) is 3.58. The topological polar surface area (TPSA) is 75.6 Å². The summed E-state index contributed by atoms with van der Waals surface area (Å²) in [5.41, 5.74) is 0. The van der Waals surface area contributed by atoms with Gasteiger partial charge < -0.3 is 15.2 Å². The second-order valence-corrected chi connectivity index (χ2v) is 2.29. The van der Waals surface area contributed by atoms with Crippen LogP contribution in [0.25, 0.3) is 0 Å². The van der Waals surface area contributed by atoms with Gasteiger partial charge in [-0.15, -0.1) is 0 Å². The van der Waals surface area contributed by atoms with Gasteiger partial charge in [0.2, 0.25) is 0 Å². The molecule has 1 unspecified atom stereocenters. The van der Waals surface area contributed by atoms with Crippen LogP contribution < -0.4 is 5.32 Å². The number of carboxylic acids is 1. The number of aliphatic carboxylic acids is 1. The van der Waals surface area contributed by atoms with Gasteiger partial charge in [0.05, 0.1) is 7.11 Å². The smallest absolute Gasteiger partial charge is 0.320 e. The Labute approximate surface area is 70.7 Å². The first kappa shape index (κ1) is 10.9. The quantitative estimate of drug-likeness (QED) is 0.557. The molecule has 5 nitrogen and oxygen atoms in total. The molecule has 12 heavy (non-hydrogen) atoms. The van der Waals surface area contributed by atoms with Crippen LogP contribution in [-0.4, -0.2) is 37.2 Å². The SMILES string of the molecule is CNC(CCC(=O)OC)C(=O)O. The normalized spacial score (nSPS) is 12.2. The van der Waals surface area contributed by atoms with Crippen LogP contribution in [0.1, 0.15) is 12.8 Å². The summed E-state index contributed by atoms with van der Waals surface area (Å²) in [6.07, 6.45) is 0.368. The summed E-state index contributed by atoms with van der Waals surface area (Å²) in [7, 11) is 2.81. The molecular formula is C7H13NO4. The molecule has 0 aliphatic carbocycles. The number of hydrogen-bond acceptors (Lipinski definition) is 4. The largest absolute Gasteiger partial charge is 0.480 e. The molecule has 0 bridgehead atoms. The van der Waals surface area contributed by atoms with E-state index in [0.29, 0.717) is 0 Å². The number of carboxylic acid groups (broad SMARTS) is 1. The van der Waals surface area contributed by atoms with Crippen LogP contribution >= 0.6 is 0 Å². The fourth-order valence-corrected chi connectivity index (χ4v) is 0.756. The maximum Gasteiger partial charge on any atom is 0.320 e. The van der Waals surface area contributed by atoms with Crippen LogP contribution in [-0.2, 0) is 14.3 Å². The standard InChI is InChI=1S/C7H13NO4/c1-8-5(7(10)11)3-4-6(9)12-2/h5,8H,3-4H2,1-2H3,(H,10,11). The average Bonchev–Trinajstić information content (AvgIpc) is 2.04. The van der Waals surface area contributed by atoms with Gasteiger partial charge in [-0.3, -0.25) is 9.59 Å². The van der Waals surface area contributed by atoms with Crippen LogP contribution in [0.5, 0.6) is 0 Å². The summed E-state index contributed by atoms with van der Waals surface area (Å²) in [5, 5.41) is 11.1. The molecule has 0 aliphatic rings. The van der Waals surface area contributed by atoms with Crippen molar-refractivity contribution in [3.63, 3.8) is 0 Å². The van der Waals surface area contributed by atoms with E-state index < -0.39 is 18.0 Å². The second kappa shape index (κ2) is 5.54. The third-order valence-corrected chi connectivity index (χ3v) is 1.51. The van der Waals surface area contributed by atoms with E-state index in [1.807, 2.05) is 0 Å². The van der Waals surface area contributed by atoms with Crippen LogP contribution in [0.3, 0.4) is 0 Å². The van der Waals surface area contributed by atoms with Crippen LogP contribution in [0.2, 0.25) is 0 Å². The Hall–Kier alpha value is -1.10. The van der Waals surface area contributed by atoms with Gasteiger partial charge in [-0.05, 0) is 13.5 Å². The van der Waals surface area contributed by atoms with Crippen molar-refractivity contribution in [2.24, 2.45) is 0 Å². The lowest BCUT2D eigenvalue weighted by Gasteiger charge is -2.08. The minimum atomic E-state index is -0.957.